The SMILES string of the molecule is CCN(C)c1ccc(/C=C2\Sc3ccccc3C2=O)cc1. The second-order valence-electron chi connectivity index (χ2n) is 5.04. The summed E-state index contributed by atoms with van der Waals surface area (Å²) in [6.07, 6.45) is 1.97. The van der Waals surface area contributed by atoms with Gasteiger partial charge in [-0.3, -0.25) is 4.79 Å². The number of thioether (sulfide) groups is 1. The second kappa shape index (κ2) is 5.78. The molecule has 106 valence electrons. The Labute approximate surface area is 129 Å². The van der Waals surface area contributed by atoms with Gasteiger partial charge in [-0.2, -0.15) is 0 Å². The van der Waals surface area contributed by atoms with Crippen LogP contribution in [0.15, 0.2) is 58.3 Å². The van der Waals surface area contributed by atoms with Crippen molar-refractivity contribution < 1.29 is 4.79 Å². The average molecular weight is 295 g/mol. The summed E-state index contributed by atoms with van der Waals surface area (Å²) in [7, 11) is 2.07. The lowest BCUT2D eigenvalue weighted by molar-refractivity contribution is 0.104. The zero-order chi connectivity index (χ0) is 14.8. The van der Waals surface area contributed by atoms with E-state index in [1.54, 1.807) is 11.8 Å². The first kappa shape index (κ1) is 14.0. The highest BCUT2D eigenvalue weighted by Crippen LogP contribution is 2.40. The van der Waals surface area contributed by atoms with Gasteiger partial charge in [0.25, 0.3) is 0 Å². The first-order valence-electron chi connectivity index (χ1n) is 7.03. The van der Waals surface area contributed by atoms with Crippen molar-refractivity contribution >= 4 is 29.3 Å². The van der Waals surface area contributed by atoms with E-state index in [2.05, 4.69) is 43.1 Å². The van der Waals surface area contributed by atoms with Gasteiger partial charge < -0.3 is 4.90 Å². The van der Waals surface area contributed by atoms with Gasteiger partial charge in [0.15, 0.2) is 0 Å². The Kier molecular flexibility index (Phi) is 3.84. The molecule has 0 unspecified atom stereocenters. The zero-order valence-electron chi connectivity index (χ0n) is 12.2. The number of anilines is 1. The summed E-state index contributed by atoms with van der Waals surface area (Å²) >= 11 is 1.56. The number of nitrogens with zero attached hydrogens (tertiary/aromatic N) is 1. The van der Waals surface area contributed by atoms with E-state index < -0.39 is 0 Å². The average Bonchev–Trinajstić information content (AvgIpc) is 2.84. The number of carbonyl (C=O) groups is 1. The number of fused-ring (bicyclic) bond motifs is 1. The van der Waals surface area contributed by atoms with Crippen molar-refractivity contribution in [1.29, 1.82) is 0 Å². The quantitative estimate of drug-likeness (QED) is 0.779. The van der Waals surface area contributed by atoms with Crippen LogP contribution in [0.5, 0.6) is 0 Å². The fourth-order valence-electron chi connectivity index (χ4n) is 2.29. The Hall–Kier alpha value is -2.00. The lowest BCUT2D eigenvalue weighted by atomic mass is 10.1. The highest BCUT2D eigenvalue weighted by atomic mass is 32.2. The molecule has 2 aromatic carbocycles. The lowest BCUT2D eigenvalue weighted by Crippen LogP contribution is -2.15. The topological polar surface area (TPSA) is 20.3 Å². The van der Waals surface area contributed by atoms with Crippen molar-refractivity contribution in [3.8, 4) is 0 Å². The summed E-state index contributed by atoms with van der Waals surface area (Å²) in [5.41, 5.74) is 3.07. The van der Waals surface area contributed by atoms with Crippen LogP contribution in [-0.4, -0.2) is 19.4 Å². The molecule has 0 bridgehead atoms. The molecule has 0 N–H and O–H groups in total. The van der Waals surface area contributed by atoms with Crippen molar-refractivity contribution in [2.45, 2.75) is 11.8 Å². The summed E-state index contributed by atoms with van der Waals surface area (Å²) in [5, 5.41) is 0. The maximum atomic E-state index is 12.3. The Balaban J connectivity index is 1.85. The standard InChI is InChI=1S/C18H17NOS/c1-3-19(2)14-10-8-13(9-11-14)12-17-18(20)15-6-4-5-7-16(15)21-17/h4-12H,3H2,1-2H3/b17-12-. The van der Waals surface area contributed by atoms with Crippen molar-refractivity contribution in [3.05, 3.63) is 64.6 Å². The second-order valence-corrected chi connectivity index (χ2v) is 6.13. The molecule has 0 aliphatic carbocycles. The Morgan fingerprint density at radius 2 is 1.81 bits per heavy atom. The van der Waals surface area contributed by atoms with Gasteiger partial charge in [0, 0.05) is 29.7 Å². The summed E-state index contributed by atoms with van der Waals surface area (Å²) in [4.78, 5) is 16.4. The van der Waals surface area contributed by atoms with Crippen LogP contribution < -0.4 is 4.90 Å². The van der Waals surface area contributed by atoms with Crippen LogP contribution in [0.1, 0.15) is 22.8 Å². The molecule has 21 heavy (non-hydrogen) atoms. The Bertz CT molecular complexity index is 703. The molecule has 0 amide bonds. The third-order valence-corrected chi connectivity index (χ3v) is 4.78. The van der Waals surface area contributed by atoms with Gasteiger partial charge in [-0.15, -0.1) is 0 Å². The fraction of sp³-hybridized carbons (Fsp3) is 0.167. The van der Waals surface area contributed by atoms with Crippen LogP contribution in [0.25, 0.3) is 6.08 Å². The van der Waals surface area contributed by atoms with E-state index in [-0.39, 0.29) is 5.78 Å². The van der Waals surface area contributed by atoms with E-state index in [1.165, 1.54) is 5.69 Å². The molecule has 0 saturated carbocycles. The molecule has 0 saturated heterocycles. The lowest BCUT2D eigenvalue weighted by Gasteiger charge is -2.16. The summed E-state index contributed by atoms with van der Waals surface area (Å²) in [5.74, 6) is 0.130. The summed E-state index contributed by atoms with van der Waals surface area (Å²) < 4.78 is 0. The molecule has 0 radical (unpaired) electrons. The maximum Gasteiger partial charge on any atom is 0.200 e. The monoisotopic (exact) mass is 295 g/mol. The van der Waals surface area contributed by atoms with Crippen LogP contribution in [0, 0.1) is 0 Å². The van der Waals surface area contributed by atoms with Crippen molar-refractivity contribution in [1.82, 2.24) is 0 Å². The van der Waals surface area contributed by atoms with Gasteiger partial charge in [0.2, 0.25) is 5.78 Å². The first-order valence-corrected chi connectivity index (χ1v) is 7.85. The van der Waals surface area contributed by atoms with Crippen molar-refractivity contribution in [2.24, 2.45) is 0 Å². The number of allylic oxidation sites excluding steroid dienone is 1. The van der Waals surface area contributed by atoms with Crippen LogP contribution in [0.4, 0.5) is 5.69 Å². The largest absolute Gasteiger partial charge is 0.375 e. The van der Waals surface area contributed by atoms with E-state index in [0.717, 1.165) is 27.5 Å². The molecule has 2 aromatic rings. The molecule has 3 heteroatoms. The zero-order valence-corrected chi connectivity index (χ0v) is 13.0. The number of benzene rings is 2. The molecule has 1 aliphatic rings. The number of Topliss-reactive ketones (excluding diaryl/α,β-unsaturated/α-hetero) is 1. The summed E-state index contributed by atoms with van der Waals surface area (Å²) in [6, 6.07) is 16.1. The Morgan fingerprint density at radius 1 is 1.10 bits per heavy atom. The van der Waals surface area contributed by atoms with Gasteiger partial charge in [-0.05, 0) is 42.8 Å². The predicted molar refractivity (Wildman–Crippen MR) is 90.0 cm³/mol. The number of ketones is 1. The van der Waals surface area contributed by atoms with Crippen LogP contribution in [0.3, 0.4) is 0 Å². The minimum absolute atomic E-state index is 0.130. The molecular formula is C18H17NOS. The maximum absolute atomic E-state index is 12.3. The Morgan fingerprint density at radius 3 is 2.48 bits per heavy atom. The third-order valence-electron chi connectivity index (χ3n) is 3.68. The van der Waals surface area contributed by atoms with E-state index in [4.69, 9.17) is 0 Å². The molecule has 3 rings (SSSR count). The molecule has 0 atom stereocenters. The molecule has 1 aliphatic heterocycles. The molecule has 1 heterocycles. The fourth-order valence-corrected chi connectivity index (χ4v) is 3.35. The molecule has 0 fully saturated rings. The number of hydrogen-bond acceptors (Lipinski definition) is 3. The molecule has 0 aromatic heterocycles. The van der Waals surface area contributed by atoms with Gasteiger partial charge in [-0.1, -0.05) is 36.0 Å². The highest BCUT2D eigenvalue weighted by molar-refractivity contribution is 8.04. The van der Waals surface area contributed by atoms with Gasteiger partial charge in [0.05, 0.1) is 4.91 Å². The smallest absolute Gasteiger partial charge is 0.200 e. The van der Waals surface area contributed by atoms with Crippen LogP contribution >= 0.6 is 11.8 Å². The normalized spacial score (nSPS) is 15.3. The van der Waals surface area contributed by atoms with Crippen LogP contribution in [-0.2, 0) is 0 Å². The molecule has 0 spiro atoms. The van der Waals surface area contributed by atoms with Gasteiger partial charge in [0.1, 0.15) is 0 Å². The summed E-state index contributed by atoms with van der Waals surface area (Å²) in [6.45, 7) is 3.10. The molecular weight excluding hydrogens is 278 g/mol. The number of hydrogen-bond donors (Lipinski definition) is 0. The number of carbonyl (C=O) groups excluding carboxylic acids is 1. The van der Waals surface area contributed by atoms with E-state index in [9.17, 15) is 4.79 Å². The van der Waals surface area contributed by atoms with Crippen molar-refractivity contribution in [2.75, 3.05) is 18.5 Å². The number of rotatable bonds is 3. The van der Waals surface area contributed by atoms with Crippen LogP contribution in [0.2, 0.25) is 0 Å². The highest BCUT2D eigenvalue weighted by Gasteiger charge is 2.24. The van der Waals surface area contributed by atoms with E-state index >= 15 is 0 Å². The molecule has 2 nitrogen and oxygen atoms in total. The first-order chi connectivity index (χ1) is 10.2. The predicted octanol–water partition coefficient (Wildman–Crippen LogP) is 4.47. The van der Waals surface area contributed by atoms with E-state index in [1.807, 2.05) is 30.3 Å². The minimum atomic E-state index is 0.130. The van der Waals surface area contributed by atoms with Crippen molar-refractivity contribution in [3.63, 3.8) is 0 Å². The van der Waals surface area contributed by atoms with E-state index in [0.29, 0.717) is 0 Å². The minimum Gasteiger partial charge on any atom is -0.375 e. The van der Waals surface area contributed by atoms with Gasteiger partial charge >= 0.3 is 0 Å². The third kappa shape index (κ3) is 2.74. The van der Waals surface area contributed by atoms with Gasteiger partial charge in [-0.25, -0.2) is 0 Å².